The Balaban J connectivity index is 3.02. The summed E-state index contributed by atoms with van der Waals surface area (Å²) in [5.41, 5.74) is -0.125. The number of para-hydroxylation sites is 1. The molecule has 1 aromatic rings. The Morgan fingerprint density at radius 3 is 2.44 bits per heavy atom. The third kappa shape index (κ3) is 2.50. The van der Waals surface area contributed by atoms with Crippen LogP contribution >= 0.6 is 0 Å². The number of carboxylic acid groups (broad SMARTS) is 1. The van der Waals surface area contributed by atoms with Crippen molar-refractivity contribution in [2.75, 3.05) is 5.32 Å². The number of hydrogen-bond acceptors (Lipinski definition) is 3. The summed E-state index contributed by atoms with van der Waals surface area (Å²) < 4.78 is 0. The summed E-state index contributed by atoms with van der Waals surface area (Å²) >= 11 is 0. The molecular weight excluding hydrogens is 210 g/mol. The summed E-state index contributed by atoms with van der Waals surface area (Å²) in [6.45, 7) is 3.40. The molecule has 3 N–H and O–H groups in total. The molecule has 16 heavy (non-hydrogen) atoms. The van der Waals surface area contributed by atoms with Gasteiger partial charge in [0.15, 0.2) is 5.75 Å². The molecule has 0 aliphatic rings. The largest absolute Gasteiger partial charge is 0.505 e. The number of anilines is 1. The van der Waals surface area contributed by atoms with Crippen molar-refractivity contribution >= 4 is 17.6 Å². The Bertz CT molecular complexity index is 426. The highest BCUT2D eigenvalue weighted by Crippen LogP contribution is 2.27. The summed E-state index contributed by atoms with van der Waals surface area (Å²) in [4.78, 5) is 22.1. The number of carboxylic acids is 1. The highest BCUT2D eigenvalue weighted by Gasteiger charge is 2.15. The van der Waals surface area contributed by atoms with Crippen molar-refractivity contribution in [2.45, 2.75) is 13.8 Å². The number of aromatic hydroxyl groups is 1. The van der Waals surface area contributed by atoms with Crippen LogP contribution in [0.5, 0.6) is 5.75 Å². The monoisotopic (exact) mass is 223 g/mol. The standard InChI is InChI=1S/C11H13NO4/c1-6(2)10(14)12-8-5-3-4-7(9(8)13)11(15)16/h3-6,13H,1-2H3,(H,12,14)(H,15,16). The molecule has 86 valence electrons. The average molecular weight is 223 g/mol. The number of benzene rings is 1. The topological polar surface area (TPSA) is 86.6 Å². The van der Waals surface area contributed by atoms with Crippen LogP contribution in [-0.2, 0) is 4.79 Å². The predicted molar refractivity (Wildman–Crippen MR) is 58.5 cm³/mol. The summed E-state index contributed by atoms with van der Waals surface area (Å²) in [6.07, 6.45) is 0. The Morgan fingerprint density at radius 2 is 1.94 bits per heavy atom. The van der Waals surface area contributed by atoms with E-state index < -0.39 is 11.7 Å². The van der Waals surface area contributed by atoms with Crippen molar-refractivity contribution in [2.24, 2.45) is 5.92 Å². The molecule has 1 rings (SSSR count). The number of carbonyl (C=O) groups excluding carboxylic acids is 1. The van der Waals surface area contributed by atoms with E-state index in [4.69, 9.17) is 5.11 Å². The van der Waals surface area contributed by atoms with Crippen molar-refractivity contribution in [1.29, 1.82) is 0 Å². The molecule has 0 saturated heterocycles. The van der Waals surface area contributed by atoms with Gasteiger partial charge in [-0.05, 0) is 12.1 Å². The predicted octanol–water partition coefficient (Wildman–Crippen LogP) is 1.68. The van der Waals surface area contributed by atoms with Crippen LogP contribution in [0.2, 0.25) is 0 Å². The molecule has 0 fully saturated rings. The molecule has 0 bridgehead atoms. The highest BCUT2D eigenvalue weighted by atomic mass is 16.4. The van der Waals surface area contributed by atoms with Gasteiger partial charge in [-0.2, -0.15) is 0 Å². The van der Waals surface area contributed by atoms with E-state index in [-0.39, 0.29) is 23.1 Å². The van der Waals surface area contributed by atoms with Gasteiger partial charge < -0.3 is 15.5 Å². The van der Waals surface area contributed by atoms with E-state index in [0.29, 0.717) is 0 Å². The zero-order chi connectivity index (χ0) is 12.3. The third-order valence-corrected chi connectivity index (χ3v) is 2.05. The number of phenols is 1. The lowest BCUT2D eigenvalue weighted by molar-refractivity contribution is -0.118. The molecule has 1 amide bonds. The van der Waals surface area contributed by atoms with Crippen LogP contribution < -0.4 is 5.32 Å². The number of hydrogen-bond donors (Lipinski definition) is 3. The number of carbonyl (C=O) groups is 2. The van der Waals surface area contributed by atoms with E-state index in [0.717, 1.165) is 0 Å². The van der Waals surface area contributed by atoms with E-state index in [1.54, 1.807) is 13.8 Å². The first-order valence-corrected chi connectivity index (χ1v) is 4.79. The molecule has 0 radical (unpaired) electrons. The van der Waals surface area contributed by atoms with Crippen LogP contribution in [0.3, 0.4) is 0 Å². The van der Waals surface area contributed by atoms with Gasteiger partial charge in [-0.1, -0.05) is 19.9 Å². The van der Waals surface area contributed by atoms with Crippen molar-refractivity contribution in [3.8, 4) is 5.75 Å². The molecule has 1 aromatic carbocycles. The fraction of sp³-hybridized carbons (Fsp3) is 0.273. The minimum atomic E-state index is -1.24. The van der Waals surface area contributed by atoms with E-state index in [2.05, 4.69) is 5.32 Å². The van der Waals surface area contributed by atoms with Crippen molar-refractivity contribution in [3.05, 3.63) is 23.8 Å². The number of nitrogens with one attached hydrogen (secondary N) is 1. The van der Waals surface area contributed by atoms with Crippen LogP contribution in [0.1, 0.15) is 24.2 Å². The molecule has 0 aliphatic carbocycles. The van der Waals surface area contributed by atoms with E-state index in [9.17, 15) is 14.7 Å². The summed E-state index contributed by atoms with van der Waals surface area (Å²) in [7, 11) is 0. The number of aromatic carboxylic acids is 1. The van der Waals surface area contributed by atoms with Crippen LogP contribution in [0.15, 0.2) is 18.2 Å². The van der Waals surface area contributed by atoms with Gasteiger partial charge in [0.1, 0.15) is 5.56 Å². The summed E-state index contributed by atoms with van der Waals surface area (Å²) in [5, 5.41) is 20.8. The average Bonchev–Trinajstić information content (AvgIpc) is 2.20. The van der Waals surface area contributed by atoms with Gasteiger partial charge >= 0.3 is 5.97 Å². The second-order valence-corrected chi connectivity index (χ2v) is 3.65. The summed E-state index contributed by atoms with van der Waals surface area (Å²) in [6, 6.07) is 4.17. The maximum atomic E-state index is 11.4. The molecule has 0 spiro atoms. The smallest absolute Gasteiger partial charge is 0.339 e. The van der Waals surface area contributed by atoms with Crippen LogP contribution in [-0.4, -0.2) is 22.1 Å². The Labute approximate surface area is 92.7 Å². The second kappa shape index (κ2) is 4.65. The molecule has 0 atom stereocenters. The molecule has 0 aromatic heterocycles. The quantitative estimate of drug-likeness (QED) is 0.680. The first-order chi connectivity index (χ1) is 7.43. The summed E-state index contributed by atoms with van der Waals surface area (Å²) in [5.74, 6) is -2.19. The lowest BCUT2D eigenvalue weighted by Crippen LogP contribution is -2.18. The maximum Gasteiger partial charge on any atom is 0.339 e. The molecular formula is C11H13NO4. The fourth-order valence-electron chi connectivity index (χ4n) is 1.09. The van der Waals surface area contributed by atoms with Crippen LogP contribution in [0, 0.1) is 5.92 Å². The normalized spacial score (nSPS) is 10.2. The highest BCUT2D eigenvalue weighted by molar-refractivity contribution is 5.98. The Hall–Kier alpha value is -2.04. The second-order valence-electron chi connectivity index (χ2n) is 3.65. The zero-order valence-corrected chi connectivity index (χ0v) is 9.02. The zero-order valence-electron chi connectivity index (χ0n) is 9.02. The van der Waals surface area contributed by atoms with E-state index in [1.165, 1.54) is 18.2 Å². The van der Waals surface area contributed by atoms with Gasteiger partial charge in [0, 0.05) is 5.92 Å². The third-order valence-electron chi connectivity index (χ3n) is 2.05. The lowest BCUT2D eigenvalue weighted by Gasteiger charge is -2.10. The molecule has 0 heterocycles. The van der Waals surface area contributed by atoms with Crippen molar-refractivity contribution in [1.82, 2.24) is 0 Å². The minimum absolute atomic E-state index is 0.110. The number of amides is 1. The van der Waals surface area contributed by atoms with E-state index >= 15 is 0 Å². The van der Waals surface area contributed by atoms with E-state index in [1.807, 2.05) is 0 Å². The SMILES string of the molecule is CC(C)C(=O)Nc1cccc(C(=O)O)c1O. The minimum Gasteiger partial charge on any atom is -0.505 e. The Kier molecular flexibility index (Phi) is 3.50. The molecule has 5 heteroatoms. The molecule has 0 unspecified atom stereocenters. The van der Waals surface area contributed by atoms with Crippen molar-refractivity contribution in [3.63, 3.8) is 0 Å². The fourth-order valence-corrected chi connectivity index (χ4v) is 1.09. The van der Waals surface area contributed by atoms with Crippen LogP contribution in [0.25, 0.3) is 0 Å². The van der Waals surface area contributed by atoms with Gasteiger partial charge in [0.2, 0.25) is 5.91 Å². The van der Waals surface area contributed by atoms with Gasteiger partial charge in [-0.3, -0.25) is 4.79 Å². The maximum absolute atomic E-state index is 11.4. The van der Waals surface area contributed by atoms with Gasteiger partial charge in [-0.15, -0.1) is 0 Å². The molecule has 5 nitrogen and oxygen atoms in total. The van der Waals surface area contributed by atoms with Gasteiger partial charge in [-0.25, -0.2) is 4.79 Å². The Morgan fingerprint density at radius 1 is 1.31 bits per heavy atom. The first-order valence-electron chi connectivity index (χ1n) is 4.79. The van der Waals surface area contributed by atoms with Crippen LogP contribution in [0.4, 0.5) is 5.69 Å². The van der Waals surface area contributed by atoms with Gasteiger partial charge in [0.25, 0.3) is 0 Å². The molecule has 0 saturated carbocycles. The number of rotatable bonds is 3. The van der Waals surface area contributed by atoms with Crippen molar-refractivity contribution < 1.29 is 19.8 Å². The van der Waals surface area contributed by atoms with Gasteiger partial charge in [0.05, 0.1) is 5.69 Å². The molecule has 0 aliphatic heterocycles. The first kappa shape index (κ1) is 12.0. The lowest BCUT2D eigenvalue weighted by atomic mass is 10.1.